The molecule has 0 unspecified atom stereocenters. The number of hydrogen-bond acceptors (Lipinski definition) is 5. The molecule has 3 rings (SSSR count). The number of ether oxygens (including phenoxy) is 1. The summed E-state index contributed by atoms with van der Waals surface area (Å²) in [5.74, 6) is -0.728. The first-order valence-corrected chi connectivity index (χ1v) is 10.3. The minimum Gasteiger partial charge on any atom is -0.454 e. The fraction of sp³-hybridized carbons (Fsp3) is 0.174. The van der Waals surface area contributed by atoms with Gasteiger partial charge in [-0.25, -0.2) is 4.79 Å². The van der Waals surface area contributed by atoms with Crippen LogP contribution in [0.15, 0.2) is 66.0 Å². The molecule has 2 aromatic carbocycles. The number of carbonyl (C=O) groups excluding carboxylic acids is 3. The van der Waals surface area contributed by atoms with E-state index in [1.807, 2.05) is 17.5 Å². The first kappa shape index (κ1) is 21.3. The predicted molar refractivity (Wildman–Crippen MR) is 117 cm³/mol. The lowest BCUT2D eigenvalue weighted by Gasteiger charge is -2.15. The molecule has 1 aromatic heterocycles. The molecule has 0 aliphatic rings. The van der Waals surface area contributed by atoms with Crippen molar-refractivity contribution in [1.82, 2.24) is 5.32 Å². The molecule has 0 aliphatic carbocycles. The van der Waals surface area contributed by atoms with Gasteiger partial charge < -0.3 is 15.4 Å². The Morgan fingerprint density at radius 2 is 1.80 bits per heavy atom. The summed E-state index contributed by atoms with van der Waals surface area (Å²) >= 11 is 1.39. The smallest absolute Gasteiger partial charge is 0.338 e. The van der Waals surface area contributed by atoms with Crippen molar-refractivity contribution in [2.75, 3.05) is 5.32 Å². The van der Waals surface area contributed by atoms with Crippen LogP contribution in [0, 0.1) is 0 Å². The standard InChI is InChI=1S/C23H22N2O4S/c1-15(19-5-3-6-20(13-19)25-16(2)26)29-23(28)18-10-8-17(9-11-18)14-24-22(27)21-7-4-12-30-21/h3-13,15H,14H2,1-2H3,(H,24,27)(H,25,26)/t15-/m0/s1. The lowest BCUT2D eigenvalue weighted by atomic mass is 10.1. The summed E-state index contributed by atoms with van der Waals surface area (Å²) in [6, 6.07) is 17.7. The van der Waals surface area contributed by atoms with Crippen LogP contribution < -0.4 is 10.6 Å². The van der Waals surface area contributed by atoms with E-state index in [9.17, 15) is 14.4 Å². The van der Waals surface area contributed by atoms with Crippen molar-refractivity contribution in [3.63, 3.8) is 0 Å². The zero-order valence-electron chi connectivity index (χ0n) is 16.7. The summed E-state index contributed by atoms with van der Waals surface area (Å²) < 4.78 is 5.55. The molecule has 7 heteroatoms. The van der Waals surface area contributed by atoms with Crippen LogP contribution in [0.3, 0.4) is 0 Å². The van der Waals surface area contributed by atoms with E-state index in [0.717, 1.165) is 11.1 Å². The molecule has 2 amide bonds. The fourth-order valence-electron chi connectivity index (χ4n) is 2.81. The van der Waals surface area contributed by atoms with Crippen molar-refractivity contribution in [3.05, 3.63) is 87.6 Å². The molecule has 3 aromatic rings. The SMILES string of the molecule is CC(=O)Nc1cccc([C@H](C)OC(=O)c2ccc(CNC(=O)c3cccs3)cc2)c1. The van der Waals surface area contributed by atoms with Crippen molar-refractivity contribution in [2.24, 2.45) is 0 Å². The highest BCUT2D eigenvalue weighted by atomic mass is 32.1. The number of rotatable bonds is 7. The van der Waals surface area contributed by atoms with Gasteiger partial charge in [0.15, 0.2) is 0 Å². The highest BCUT2D eigenvalue weighted by molar-refractivity contribution is 7.12. The van der Waals surface area contributed by atoms with Gasteiger partial charge in [0, 0.05) is 19.2 Å². The zero-order valence-corrected chi connectivity index (χ0v) is 17.5. The van der Waals surface area contributed by atoms with Gasteiger partial charge in [0.25, 0.3) is 5.91 Å². The molecule has 1 atom stereocenters. The summed E-state index contributed by atoms with van der Waals surface area (Å²) in [6.07, 6.45) is -0.476. The minimum atomic E-state index is -0.476. The second-order valence-electron chi connectivity index (χ2n) is 6.71. The quantitative estimate of drug-likeness (QED) is 0.547. The minimum absolute atomic E-state index is 0.121. The first-order chi connectivity index (χ1) is 14.4. The van der Waals surface area contributed by atoms with Crippen LogP contribution in [0.25, 0.3) is 0 Å². The van der Waals surface area contributed by atoms with Gasteiger partial charge in [-0.3, -0.25) is 9.59 Å². The molecule has 2 N–H and O–H groups in total. The van der Waals surface area contributed by atoms with Gasteiger partial charge in [-0.15, -0.1) is 11.3 Å². The maximum absolute atomic E-state index is 12.5. The number of hydrogen-bond donors (Lipinski definition) is 2. The van der Waals surface area contributed by atoms with Gasteiger partial charge in [-0.05, 0) is 53.8 Å². The van der Waals surface area contributed by atoms with Crippen molar-refractivity contribution in [1.29, 1.82) is 0 Å². The highest BCUT2D eigenvalue weighted by Crippen LogP contribution is 2.22. The highest BCUT2D eigenvalue weighted by Gasteiger charge is 2.14. The summed E-state index contributed by atoms with van der Waals surface area (Å²) in [6.45, 7) is 3.59. The Balaban J connectivity index is 1.56. The van der Waals surface area contributed by atoms with E-state index in [1.54, 1.807) is 55.5 Å². The average Bonchev–Trinajstić information content (AvgIpc) is 3.27. The van der Waals surface area contributed by atoms with E-state index >= 15 is 0 Å². The van der Waals surface area contributed by atoms with Crippen LogP contribution in [-0.4, -0.2) is 17.8 Å². The fourth-order valence-corrected chi connectivity index (χ4v) is 3.45. The Kier molecular flexibility index (Phi) is 6.98. The van der Waals surface area contributed by atoms with Crippen LogP contribution in [-0.2, 0) is 16.1 Å². The first-order valence-electron chi connectivity index (χ1n) is 9.41. The van der Waals surface area contributed by atoms with E-state index in [0.29, 0.717) is 22.7 Å². The molecular formula is C23H22N2O4S. The Morgan fingerprint density at radius 1 is 1.03 bits per heavy atom. The van der Waals surface area contributed by atoms with Crippen LogP contribution in [0.5, 0.6) is 0 Å². The summed E-state index contributed by atoms with van der Waals surface area (Å²) in [4.78, 5) is 36.3. The number of thiophene rings is 1. The number of nitrogens with one attached hydrogen (secondary N) is 2. The molecule has 30 heavy (non-hydrogen) atoms. The number of esters is 1. The normalized spacial score (nSPS) is 11.4. The van der Waals surface area contributed by atoms with Gasteiger partial charge in [-0.1, -0.05) is 30.3 Å². The molecule has 0 spiro atoms. The Morgan fingerprint density at radius 3 is 2.47 bits per heavy atom. The lowest BCUT2D eigenvalue weighted by molar-refractivity contribution is -0.114. The number of amides is 2. The summed E-state index contributed by atoms with van der Waals surface area (Å²) in [5.41, 5.74) is 2.74. The molecule has 0 fully saturated rings. The molecular weight excluding hydrogens is 400 g/mol. The van der Waals surface area contributed by atoms with Crippen LogP contribution in [0.2, 0.25) is 0 Å². The summed E-state index contributed by atoms with van der Waals surface area (Å²) in [5, 5.41) is 7.41. The lowest BCUT2D eigenvalue weighted by Crippen LogP contribution is -2.21. The number of anilines is 1. The number of benzene rings is 2. The third-order valence-electron chi connectivity index (χ3n) is 4.35. The molecule has 0 radical (unpaired) electrons. The van der Waals surface area contributed by atoms with Crippen molar-refractivity contribution < 1.29 is 19.1 Å². The molecule has 6 nitrogen and oxygen atoms in total. The monoisotopic (exact) mass is 422 g/mol. The van der Waals surface area contributed by atoms with Crippen molar-refractivity contribution in [2.45, 2.75) is 26.5 Å². The molecule has 0 saturated heterocycles. The van der Waals surface area contributed by atoms with Gasteiger partial charge >= 0.3 is 5.97 Å². The topological polar surface area (TPSA) is 84.5 Å². The Labute approximate surface area is 178 Å². The maximum atomic E-state index is 12.5. The van der Waals surface area contributed by atoms with Gasteiger partial charge in [0.2, 0.25) is 5.91 Å². The second kappa shape index (κ2) is 9.84. The Bertz CT molecular complexity index is 1030. The van der Waals surface area contributed by atoms with Crippen LogP contribution >= 0.6 is 11.3 Å². The van der Waals surface area contributed by atoms with E-state index in [4.69, 9.17) is 4.74 Å². The number of carbonyl (C=O) groups is 3. The van der Waals surface area contributed by atoms with E-state index < -0.39 is 12.1 Å². The van der Waals surface area contributed by atoms with Crippen LogP contribution in [0.1, 0.15) is 51.1 Å². The molecule has 0 aliphatic heterocycles. The average molecular weight is 423 g/mol. The third-order valence-corrected chi connectivity index (χ3v) is 5.22. The second-order valence-corrected chi connectivity index (χ2v) is 7.66. The van der Waals surface area contributed by atoms with E-state index in [-0.39, 0.29) is 11.8 Å². The third kappa shape index (κ3) is 5.78. The zero-order chi connectivity index (χ0) is 21.5. The molecule has 0 saturated carbocycles. The van der Waals surface area contributed by atoms with E-state index in [1.165, 1.54) is 18.3 Å². The van der Waals surface area contributed by atoms with Crippen molar-refractivity contribution >= 4 is 34.8 Å². The molecule has 0 bridgehead atoms. The maximum Gasteiger partial charge on any atom is 0.338 e. The molecule has 1 heterocycles. The van der Waals surface area contributed by atoms with Crippen LogP contribution in [0.4, 0.5) is 5.69 Å². The van der Waals surface area contributed by atoms with Gasteiger partial charge in [0.05, 0.1) is 10.4 Å². The van der Waals surface area contributed by atoms with E-state index in [2.05, 4.69) is 10.6 Å². The van der Waals surface area contributed by atoms with Gasteiger partial charge in [-0.2, -0.15) is 0 Å². The Hall–Kier alpha value is -3.45. The van der Waals surface area contributed by atoms with Gasteiger partial charge in [0.1, 0.15) is 6.10 Å². The largest absolute Gasteiger partial charge is 0.454 e. The molecule has 154 valence electrons. The predicted octanol–water partition coefficient (Wildman–Crippen LogP) is 4.55. The summed E-state index contributed by atoms with van der Waals surface area (Å²) in [7, 11) is 0. The van der Waals surface area contributed by atoms with Crippen molar-refractivity contribution in [3.8, 4) is 0 Å².